The first-order valence-corrected chi connectivity index (χ1v) is 9.52. The van der Waals surface area contributed by atoms with Crippen molar-refractivity contribution >= 4 is 18.6 Å². The third-order valence-corrected chi connectivity index (χ3v) is 4.45. The Bertz CT molecular complexity index is 1290. The highest BCUT2D eigenvalue weighted by Gasteiger charge is 2.10. The molecule has 0 spiro atoms. The van der Waals surface area contributed by atoms with Crippen LogP contribution in [0, 0.1) is 12.3 Å². The number of ether oxygens (including phenoxy) is 3. The normalized spacial score (nSPS) is 11.1. The monoisotopic (exact) mass is 418 g/mol. The summed E-state index contributed by atoms with van der Waals surface area (Å²) in [4.78, 5) is 24.8. The van der Waals surface area contributed by atoms with E-state index in [0.717, 1.165) is 5.56 Å². The highest BCUT2D eigenvalue weighted by molar-refractivity contribution is 5.89. The van der Waals surface area contributed by atoms with E-state index in [1.54, 1.807) is 55.5 Å². The van der Waals surface area contributed by atoms with Crippen LogP contribution in [0.4, 0.5) is 0 Å². The Morgan fingerprint density at radius 2 is 1.97 bits per heavy atom. The lowest BCUT2D eigenvalue weighted by molar-refractivity contribution is 0.0526. The van der Waals surface area contributed by atoms with Gasteiger partial charge in [0, 0.05) is 0 Å². The van der Waals surface area contributed by atoms with Crippen LogP contribution in [0.25, 0.3) is 18.3 Å². The number of benzene rings is 2. The Labute approximate surface area is 179 Å². The van der Waals surface area contributed by atoms with Crippen LogP contribution >= 0.6 is 0 Å². The van der Waals surface area contributed by atoms with E-state index >= 15 is 0 Å². The summed E-state index contributed by atoms with van der Waals surface area (Å²) < 4.78 is 17.1. The number of hydrogen-bond acceptors (Lipinski definition) is 5. The molecule has 31 heavy (non-hydrogen) atoms. The van der Waals surface area contributed by atoms with Gasteiger partial charge >= 0.3 is 5.97 Å². The molecular formula is C24H22N2O5. The zero-order chi connectivity index (χ0) is 22.4. The van der Waals surface area contributed by atoms with Gasteiger partial charge in [0.15, 0.2) is 11.5 Å². The second-order valence-electron chi connectivity index (χ2n) is 6.46. The second kappa shape index (κ2) is 9.55. The predicted octanol–water partition coefficient (Wildman–Crippen LogP) is 1.60. The van der Waals surface area contributed by atoms with Crippen molar-refractivity contribution in [2.24, 2.45) is 0 Å². The molecule has 0 aliphatic rings. The zero-order valence-electron chi connectivity index (χ0n) is 17.3. The van der Waals surface area contributed by atoms with Crippen molar-refractivity contribution in [3.05, 3.63) is 74.5 Å². The van der Waals surface area contributed by atoms with Crippen LogP contribution in [0.1, 0.15) is 22.8 Å². The molecular weight excluding hydrogens is 396 g/mol. The minimum atomic E-state index is -0.414. The van der Waals surface area contributed by atoms with Crippen LogP contribution in [0.2, 0.25) is 0 Å². The molecule has 0 atom stereocenters. The number of esters is 1. The number of aromatic nitrogens is 2. The third-order valence-electron chi connectivity index (χ3n) is 4.45. The van der Waals surface area contributed by atoms with Gasteiger partial charge in [-0.2, -0.15) is 0 Å². The summed E-state index contributed by atoms with van der Waals surface area (Å²) in [5, 5.41) is 3.81. The number of H-pyrrole nitrogens is 1. The quantitative estimate of drug-likeness (QED) is 0.466. The summed E-state index contributed by atoms with van der Waals surface area (Å²) in [6.07, 6.45) is 6.93. The van der Waals surface area contributed by atoms with Gasteiger partial charge in [0.1, 0.15) is 6.61 Å². The smallest absolute Gasteiger partial charge is 0.338 e. The topological polar surface area (TPSA) is 82.5 Å². The molecule has 1 N–H and O–H groups in total. The first-order chi connectivity index (χ1) is 15.0. The molecule has 0 bridgehead atoms. The van der Waals surface area contributed by atoms with Gasteiger partial charge in [0.05, 0.1) is 35.5 Å². The Hall–Kier alpha value is -4.18. The van der Waals surface area contributed by atoms with E-state index in [0.29, 0.717) is 39.9 Å². The first kappa shape index (κ1) is 21.5. The molecule has 2 aromatic carbocycles. The molecule has 1 heterocycles. The SMILES string of the molecule is C#CCOc1ccc(/C=c2\c(=C)[nH]n(-c3ccc(C(=O)OCC)cc3)c2=O)cc1OC. The van der Waals surface area contributed by atoms with E-state index in [2.05, 4.69) is 17.6 Å². The van der Waals surface area contributed by atoms with E-state index in [1.807, 2.05) is 0 Å². The second-order valence-corrected chi connectivity index (χ2v) is 6.46. The van der Waals surface area contributed by atoms with Crippen LogP contribution in [0.15, 0.2) is 47.3 Å². The van der Waals surface area contributed by atoms with Crippen molar-refractivity contribution in [3.8, 4) is 29.5 Å². The van der Waals surface area contributed by atoms with Crippen LogP contribution in [-0.4, -0.2) is 36.1 Å². The molecule has 0 saturated carbocycles. The summed E-state index contributed by atoms with van der Waals surface area (Å²) in [5.41, 5.74) is 1.43. The van der Waals surface area contributed by atoms with Crippen LogP contribution in [-0.2, 0) is 4.74 Å². The summed E-state index contributed by atoms with van der Waals surface area (Å²) in [5.74, 6) is 3.00. The molecule has 0 aliphatic carbocycles. The molecule has 7 heteroatoms. The standard InChI is InChI=1S/C24H22N2O5/c1-5-13-31-21-12-7-17(15-22(21)29-4)14-20-16(3)25-26(23(20)27)19-10-8-18(9-11-19)24(28)30-6-2/h1,7-12,14-15,25H,3,6,13H2,2,4H3/b20-14+. The summed E-state index contributed by atoms with van der Waals surface area (Å²) in [6.45, 7) is 6.10. The van der Waals surface area contributed by atoms with Crippen LogP contribution < -0.4 is 25.6 Å². The van der Waals surface area contributed by atoms with E-state index in [4.69, 9.17) is 20.6 Å². The fraction of sp³-hybridized carbons (Fsp3) is 0.167. The van der Waals surface area contributed by atoms with Crippen LogP contribution in [0.5, 0.6) is 11.5 Å². The maximum absolute atomic E-state index is 13.0. The Morgan fingerprint density at radius 1 is 1.23 bits per heavy atom. The van der Waals surface area contributed by atoms with Gasteiger partial charge in [-0.25, -0.2) is 9.48 Å². The molecule has 3 aromatic rings. The number of methoxy groups -OCH3 is 1. The van der Waals surface area contributed by atoms with E-state index in [1.165, 1.54) is 11.8 Å². The van der Waals surface area contributed by atoms with Crippen LogP contribution in [0.3, 0.4) is 0 Å². The molecule has 0 radical (unpaired) electrons. The average molecular weight is 418 g/mol. The van der Waals surface area contributed by atoms with E-state index in [-0.39, 0.29) is 12.2 Å². The predicted molar refractivity (Wildman–Crippen MR) is 118 cm³/mol. The zero-order valence-corrected chi connectivity index (χ0v) is 17.3. The van der Waals surface area contributed by atoms with Gasteiger partial charge in [-0.1, -0.05) is 18.6 Å². The van der Waals surface area contributed by atoms with Crippen molar-refractivity contribution in [1.82, 2.24) is 9.78 Å². The summed E-state index contributed by atoms with van der Waals surface area (Å²) >= 11 is 0. The molecule has 0 aliphatic heterocycles. The minimum absolute atomic E-state index is 0.125. The summed E-state index contributed by atoms with van der Waals surface area (Å²) in [7, 11) is 1.53. The number of rotatable bonds is 7. The minimum Gasteiger partial charge on any atom is -0.493 e. The maximum atomic E-state index is 13.0. The molecule has 0 amide bonds. The number of carbonyl (C=O) groups is 1. The Kier molecular flexibility index (Phi) is 6.63. The van der Waals surface area contributed by atoms with E-state index in [9.17, 15) is 9.59 Å². The lowest BCUT2D eigenvalue weighted by Gasteiger charge is -2.09. The fourth-order valence-electron chi connectivity index (χ4n) is 2.97. The van der Waals surface area contributed by atoms with Crippen molar-refractivity contribution in [3.63, 3.8) is 0 Å². The van der Waals surface area contributed by atoms with Gasteiger partial charge in [-0.05, 0) is 55.0 Å². The number of nitrogens with one attached hydrogen (secondary N) is 1. The fourth-order valence-corrected chi connectivity index (χ4v) is 2.97. The number of aromatic amines is 1. The third kappa shape index (κ3) is 4.70. The van der Waals surface area contributed by atoms with E-state index < -0.39 is 5.97 Å². The highest BCUT2D eigenvalue weighted by atomic mass is 16.5. The van der Waals surface area contributed by atoms with Gasteiger partial charge in [0.2, 0.25) is 0 Å². The maximum Gasteiger partial charge on any atom is 0.338 e. The molecule has 0 unspecified atom stereocenters. The lowest BCUT2D eigenvalue weighted by Crippen LogP contribution is -2.33. The molecule has 7 nitrogen and oxygen atoms in total. The number of terminal acetylenes is 1. The van der Waals surface area contributed by atoms with Crippen molar-refractivity contribution in [2.45, 2.75) is 6.92 Å². The molecule has 0 fully saturated rings. The lowest BCUT2D eigenvalue weighted by atomic mass is 10.1. The number of carbonyl (C=O) groups excluding carboxylic acids is 1. The molecule has 1 aromatic heterocycles. The number of nitrogens with zero attached hydrogens (tertiary/aromatic N) is 1. The molecule has 3 rings (SSSR count). The van der Waals surface area contributed by atoms with Gasteiger partial charge < -0.3 is 14.2 Å². The first-order valence-electron chi connectivity index (χ1n) is 9.52. The van der Waals surface area contributed by atoms with Gasteiger partial charge in [0.25, 0.3) is 5.56 Å². The largest absolute Gasteiger partial charge is 0.493 e. The van der Waals surface area contributed by atoms with Crippen molar-refractivity contribution < 1.29 is 19.0 Å². The highest BCUT2D eigenvalue weighted by Crippen LogP contribution is 2.28. The van der Waals surface area contributed by atoms with Gasteiger partial charge in [-0.15, -0.1) is 6.42 Å². The average Bonchev–Trinajstić information content (AvgIpc) is 3.06. The molecule has 158 valence electrons. The Morgan fingerprint density at radius 3 is 2.61 bits per heavy atom. The summed E-state index contributed by atoms with van der Waals surface area (Å²) in [6, 6.07) is 11.8. The Balaban J connectivity index is 1.98. The molecule has 0 saturated heterocycles. The number of hydrogen-bond donors (Lipinski definition) is 1. The van der Waals surface area contributed by atoms with Crippen molar-refractivity contribution in [2.75, 3.05) is 20.3 Å². The van der Waals surface area contributed by atoms with Gasteiger partial charge in [-0.3, -0.25) is 9.89 Å². The van der Waals surface area contributed by atoms with Crippen molar-refractivity contribution in [1.29, 1.82) is 0 Å².